The summed E-state index contributed by atoms with van der Waals surface area (Å²) in [6, 6.07) is 8.61. The molecule has 1 aromatic heterocycles. The second-order valence-electron chi connectivity index (χ2n) is 3.37. The fourth-order valence-electron chi connectivity index (χ4n) is 1.54. The number of carbonyl (C=O) groups is 1. The largest absolute Gasteiger partial charge is 0.493 e. The summed E-state index contributed by atoms with van der Waals surface area (Å²) in [5, 5.41) is 0.0984. The second-order valence-corrected chi connectivity index (χ2v) is 3.71. The summed E-state index contributed by atoms with van der Waals surface area (Å²) in [6.07, 6.45) is 1.39. The van der Waals surface area contributed by atoms with Crippen molar-refractivity contribution in [1.82, 2.24) is 0 Å². The van der Waals surface area contributed by atoms with Gasteiger partial charge in [-0.05, 0) is 36.7 Å². The van der Waals surface area contributed by atoms with Crippen LogP contribution in [-0.2, 0) is 0 Å². The van der Waals surface area contributed by atoms with Crippen LogP contribution in [0.3, 0.4) is 0 Å². The van der Waals surface area contributed by atoms with Crippen LogP contribution >= 0.6 is 11.6 Å². The first kappa shape index (κ1) is 11.7. The number of hydrogen-bond acceptors (Lipinski definition) is 3. The second kappa shape index (κ2) is 5.06. The number of ether oxygens (including phenoxy) is 1. The molecule has 88 valence electrons. The van der Waals surface area contributed by atoms with E-state index in [4.69, 9.17) is 20.8 Å². The Morgan fingerprint density at radius 3 is 2.71 bits per heavy atom. The third-order valence-electron chi connectivity index (χ3n) is 2.29. The van der Waals surface area contributed by atoms with Crippen LogP contribution < -0.4 is 4.74 Å². The van der Waals surface area contributed by atoms with Crippen molar-refractivity contribution in [3.63, 3.8) is 0 Å². The summed E-state index contributed by atoms with van der Waals surface area (Å²) >= 11 is 5.79. The molecule has 4 heteroatoms. The van der Waals surface area contributed by atoms with Gasteiger partial charge in [-0.1, -0.05) is 12.1 Å². The normalized spacial score (nSPS) is 10.2. The number of halogens is 1. The summed E-state index contributed by atoms with van der Waals surface area (Å²) in [5.41, 5.74) is 0.830. The molecule has 3 nitrogen and oxygen atoms in total. The summed E-state index contributed by atoms with van der Waals surface area (Å²) in [6.45, 7) is 2.37. The number of para-hydroxylation sites is 1. The topological polar surface area (TPSA) is 39.4 Å². The van der Waals surface area contributed by atoms with E-state index in [-0.39, 0.29) is 11.0 Å². The fraction of sp³-hybridized carbons (Fsp3) is 0.154. The molecule has 0 saturated carbocycles. The first-order valence-corrected chi connectivity index (χ1v) is 5.61. The van der Waals surface area contributed by atoms with E-state index in [1.807, 2.05) is 13.0 Å². The van der Waals surface area contributed by atoms with Crippen molar-refractivity contribution in [3.8, 4) is 5.75 Å². The van der Waals surface area contributed by atoms with E-state index < -0.39 is 0 Å². The van der Waals surface area contributed by atoms with Gasteiger partial charge in [0.1, 0.15) is 5.75 Å². The summed E-state index contributed by atoms with van der Waals surface area (Å²) in [4.78, 5) is 12.2. The molecule has 1 heterocycles. The Bertz CT molecular complexity index is 531. The van der Waals surface area contributed by atoms with E-state index in [0.29, 0.717) is 23.5 Å². The van der Waals surface area contributed by atoms with Crippen LogP contribution in [0, 0.1) is 0 Å². The number of ketones is 1. The molecule has 2 aromatic rings. The van der Waals surface area contributed by atoms with Gasteiger partial charge in [0.15, 0.2) is 0 Å². The lowest BCUT2D eigenvalue weighted by Crippen LogP contribution is -2.04. The molecule has 0 bridgehead atoms. The predicted octanol–water partition coefficient (Wildman–Crippen LogP) is 3.56. The average molecular weight is 251 g/mol. The number of carbonyl (C=O) groups excluding carboxylic acids is 1. The SMILES string of the molecule is CCOc1ccccc1C(=O)c1ccoc1Cl. The Kier molecular flexibility index (Phi) is 3.49. The van der Waals surface area contributed by atoms with E-state index in [2.05, 4.69) is 0 Å². The monoisotopic (exact) mass is 250 g/mol. The van der Waals surface area contributed by atoms with Crippen molar-refractivity contribution in [3.05, 3.63) is 52.9 Å². The highest BCUT2D eigenvalue weighted by Crippen LogP contribution is 2.25. The van der Waals surface area contributed by atoms with E-state index in [9.17, 15) is 4.79 Å². The van der Waals surface area contributed by atoms with E-state index in [0.717, 1.165) is 0 Å². The van der Waals surface area contributed by atoms with Crippen molar-refractivity contribution in [1.29, 1.82) is 0 Å². The van der Waals surface area contributed by atoms with Crippen LogP contribution in [0.15, 0.2) is 41.0 Å². The van der Waals surface area contributed by atoms with Crippen LogP contribution in [0.5, 0.6) is 5.75 Å². The maximum atomic E-state index is 12.2. The van der Waals surface area contributed by atoms with Gasteiger partial charge < -0.3 is 9.15 Å². The summed E-state index contributed by atoms with van der Waals surface area (Å²) < 4.78 is 10.3. The Morgan fingerprint density at radius 1 is 1.29 bits per heavy atom. The van der Waals surface area contributed by atoms with Crippen molar-refractivity contribution in [2.24, 2.45) is 0 Å². The van der Waals surface area contributed by atoms with Crippen LogP contribution in [0.1, 0.15) is 22.8 Å². The van der Waals surface area contributed by atoms with Crippen LogP contribution in [0.4, 0.5) is 0 Å². The quantitative estimate of drug-likeness (QED) is 0.779. The van der Waals surface area contributed by atoms with Gasteiger partial charge in [0, 0.05) is 0 Å². The minimum atomic E-state index is -0.201. The van der Waals surface area contributed by atoms with Gasteiger partial charge in [-0.3, -0.25) is 4.79 Å². The van der Waals surface area contributed by atoms with Crippen LogP contribution in [0.2, 0.25) is 5.22 Å². The highest BCUT2D eigenvalue weighted by molar-refractivity contribution is 6.33. The van der Waals surface area contributed by atoms with Crippen molar-refractivity contribution >= 4 is 17.4 Å². The predicted molar refractivity (Wildman–Crippen MR) is 64.8 cm³/mol. The highest BCUT2D eigenvalue weighted by Gasteiger charge is 2.18. The minimum absolute atomic E-state index is 0.0984. The number of furan rings is 1. The lowest BCUT2D eigenvalue weighted by molar-refractivity contribution is 0.103. The molecule has 0 unspecified atom stereocenters. The van der Waals surface area contributed by atoms with Gasteiger partial charge in [-0.25, -0.2) is 0 Å². The number of rotatable bonds is 4. The molecule has 17 heavy (non-hydrogen) atoms. The zero-order valence-electron chi connectivity index (χ0n) is 9.27. The lowest BCUT2D eigenvalue weighted by Gasteiger charge is -2.08. The molecule has 0 aliphatic carbocycles. The first-order chi connectivity index (χ1) is 8.24. The number of benzene rings is 1. The zero-order chi connectivity index (χ0) is 12.3. The van der Waals surface area contributed by atoms with Gasteiger partial charge in [-0.2, -0.15) is 0 Å². The molecular weight excluding hydrogens is 240 g/mol. The molecule has 0 N–H and O–H groups in total. The van der Waals surface area contributed by atoms with Crippen molar-refractivity contribution in [2.75, 3.05) is 6.61 Å². The standard InChI is InChI=1S/C13H11ClO3/c1-2-16-11-6-4-3-5-9(11)12(15)10-7-8-17-13(10)14/h3-8H,2H2,1H3. The molecular formula is C13H11ClO3. The lowest BCUT2D eigenvalue weighted by atomic mass is 10.1. The molecule has 0 aliphatic heterocycles. The Labute approximate surface area is 104 Å². The van der Waals surface area contributed by atoms with E-state index >= 15 is 0 Å². The minimum Gasteiger partial charge on any atom is -0.493 e. The van der Waals surface area contributed by atoms with Crippen LogP contribution in [-0.4, -0.2) is 12.4 Å². The molecule has 0 atom stereocenters. The first-order valence-electron chi connectivity index (χ1n) is 5.23. The summed E-state index contributed by atoms with van der Waals surface area (Å²) in [5.74, 6) is 0.352. The Hall–Kier alpha value is -1.74. The third kappa shape index (κ3) is 2.34. The van der Waals surface area contributed by atoms with Crippen molar-refractivity contribution < 1.29 is 13.9 Å². The smallest absolute Gasteiger partial charge is 0.204 e. The fourth-order valence-corrected chi connectivity index (χ4v) is 1.74. The highest BCUT2D eigenvalue weighted by atomic mass is 35.5. The third-order valence-corrected chi connectivity index (χ3v) is 2.59. The number of hydrogen-bond donors (Lipinski definition) is 0. The molecule has 0 amide bonds. The molecule has 2 rings (SSSR count). The molecule has 0 radical (unpaired) electrons. The molecule has 0 aliphatic rings. The maximum absolute atomic E-state index is 12.2. The van der Waals surface area contributed by atoms with Gasteiger partial charge in [0.2, 0.25) is 11.0 Å². The molecule has 1 aromatic carbocycles. The van der Waals surface area contributed by atoms with Crippen molar-refractivity contribution in [2.45, 2.75) is 6.92 Å². The molecule has 0 spiro atoms. The van der Waals surface area contributed by atoms with Crippen LogP contribution in [0.25, 0.3) is 0 Å². The van der Waals surface area contributed by atoms with Gasteiger partial charge in [0.05, 0.1) is 24.0 Å². The molecule has 0 saturated heterocycles. The summed E-state index contributed by atoms with van der Waals surface area (Å²) in [7, 11) is 0. The van der Waals surface area contributed by atoms with Gasteiger partial charge in [0.25, 0.3) is 0 Å². The average Bonchev–Trinajstić information content (AvgIpc) is 2.76. The molecule has 0 fully saturated rings. The van der Waals surface area contributed by atoms with E-state index in [1.54, 1.807) is 24.3 Å². The Balaban J connectivity index is 2.40. The Morgan fingerprint density at radius 2 is 2.06 bits per heavy atom. The zero-order valence-corrected chi connectivity index (χ0v) is 10.0. The van der Waals surface area contributed by atoms with Gasteiger partial charge >= 0.3 is 0 Å². The van der Waals surface area contributed by atoms with Gasteiger partial charge in [-0.15, -0.1) is 0 Å². The van der Waals surface area contributed by atoms with E-state index in [1.165, 1.54) is 6.26 Å². The maximum Gasteiger partial charge on any atom is 0.204 e.